The van der Waals surface area contributed by atoms with Gasteiger partial charge in [-0.05, 0) is 74.9 Å². The molecule has 108 valence electrons. The Morgan fingerprint density at radius 2 is 1.90 bits per heavy atom. The Hall–Kier alpha value is -1.61. The van der Waals surface area contributed by atoms with Crippen molar-refractivity contribution in [2.75, 3.05) is 11.1 Å². The van der Waals surface area contributed by atoms with E-state index in [4.69, 9.17) is 5.73 Å². The number of hydrogen-bond acceptors (Lipinski definition) is 3. The van der Waals surface area contributed by atoms with Crippen LogP contribution in [0.2, 0.25) is 0 Å². The summed E-state index contributed by atoms with van der Waals surface area (Å²) in [7, 11) is 0. The molecule has 4 N–H and O–H groups in total. The predicted octanol–water partition coefficient (Wildman–Crippen LogP) is 3.59. The van der Waals surface area contributed by atoms with E-state index < -0.39 is 11.9 Å². The third-order valence-corrected chi connectivity index (χ3v) is 4.08. The van der Waals surface area contributed by atoms with Crippen molar-refractivity contribution in [1.29, 1.82) is 0 Å². The molecule has 2 rings (SSSR count). The Morgan fingerprint density at radius 3 is 2.52 bits per heavy atom. The van der Waals surface area contributed by atoms with E-state index in [9.17, 15) is 14.7 Å². The van der Waals surface area contributed by atoms with E-state index >= 15 is 0 Å². The number of nitrogens with one attached hydrogen (secondary N) is 1. The molecule has 21 heavy (non-hydrogen) atoms. The zero-order valence-corrected chi connectivity index (χ0v) is 14.3. The zero-order chi connectivity index (χ0) is 15.6. The van der Waals surface area contributed by atoms with Crippen molar-refractivity contribution in [1.82, 2.24) is 0 Å². The first-order valence-electron chi connectivity index (χ1n) is 5.77. The molecule has 0 aliphatic rings. The van der Waals surface area contributed by atoms with Crippen molar-refractivity contribution in [3.63, 3.8) is 0 Å². The van der Waals surface area contributed by atoms with Gasteiger partial charge < -0.3 is 16.2 Å². The van der Waals surface area contributed by atoms with E-state index in [1.807, 2.05) is 22.6 Å². The highest BCUT2D eigenvalue weighted by Crippen LogP contribution is 2.23. The number of anilines is 2. The van der Waals surface area contributed by atoms with Crippen LogP contribution in [0.25, 0.3) is 0 Å². The summed E-state index contributed by atoms with van der Waals surface area (Å²) in [5.74, 6) is -1.50. The molecular formula is C14H10BrIN2O3. The lowest BCUT2D eigenvalue weighted by atomic mass is 10.1. The summed E-state index contributed by atoms with van der Waals surface area (Å²) < 4.78 is 1.38. The van der Waals surface area contributed by atoms with Gasteiger partial charge in [-0.2, -0.15) is 0 Å². The van der Waals surface area contributed by atoms with Crippen LogP contribution in [-0.4, -0.2) is 17.0 Å². The van der Waals surface area contributed by atoms with Crippen molar-refractivity contribution in [3.8, 4) is 0 Å². The molecule has 0 spiro atoms. The second kappa shape index (κ2) is 6.44. The van der Waals surface area contributed by atoms with Crippen LogP contribution in [0.1, 0.15) is 20.7 Å². The highest BCUT2D eigenvalue weighted by Gasteiger charge is 2.14. The van der Waals surface area contributed by atoms with Gasteiger partial charge in [-0.1, -0.05) is 0 Å². The maximum atomic E-state index is 12.2. The van der Waals surface area contributed by atoms with Gasteiger partial charge in [0, 0.05) is 19.3 Å². The molecule has 0 unspecified atom stereocenters. The lowest BCUT2D eigenvalue weighted by molar-refractivity contribution is 0.0698. The molecule has 0 atom stereocenters. The SMILES string of the molecule is Nc1ccc(C(=O)Nc2ccc(I)cc2C(=O)O)cc1Br. The largest absolute Gasteiger partial charge is 0.478 e. The molecule has 0 bridgehead atoms. The summed E-state index contributed by atoms with van der Waals surface area (Å²) in [6.45, 7) is 0. The highest BCUT2D eigenvalue weighted by atomic mass is 127. The Balaban J connectivity index is 2.31. The fourth-order valence-electron chi connectivity index (χ4n) is 1.67. The smallest absolute Gasteiger partial charge is 0.337 e. The van der Waals surface area contributed by atoms with Crippen molar-refractivity contribution >= 4 is 61.8 Å². The molecule has 0 radical (unpaired) electrons. The van der Waals surface area contributed by atoms with Crippen molar-refractivity contribution in [3.05, 3.63) is 55.6 Å². The first-order chi connectivity index (χ1) is 9.88. The van der Waals surface area contributed by atoms with Crippen LogP contribution >= 0.6 is 38.5 Å². The molecule has 5 nitrogen and oxygen atoms in total. The van der Waals surface area contributed by atoms with Crippen LogP contribution in [-0.2, 0) is 0 Å². The van der Waals surface area contributed by atoms with Crippen LogP contribution in [0.4, 0.5) is 11.4 Å². The molecule has 0 aliphatic heterocycles. The maximum absolute atomic E-state index is 12.2. The molecule has 0 saturated carbocycles. The number of nitrogens with two attached hydrogens (primary N) is 1. The number of carbonyl (C=O) groups is 2. The first-order valence-corrected chi connectivity index (χ1v) is 7.65. The molecule has 7 heteroatoms. The standard InChI is InChI=1S/C14H10BrIN2O3/c15-10-5-7(1-3-11(10)17)13(19)18-12-4-2-8(16)6-9(12)14(20)21/h1-6H,17H2,(H,18,19)(H,20,21). The number of carboxylic acids is 1. The minimum atomic E-state index is -1.10. The number of rotatable bonds is 3. The number of carboxylic acid groups (broad SMARTS) is 1. The third-order valence-electron chi connectivity index (χ3n) is 2.72. The molecule has 0 heterocycles. The number of benzene rings is 2. The maximum Gasteiger partial charge on any atom is 0.337 e. The summed E-state index contributed by atoms with van der Waals surface area (Å²) in [4.78, 5) is 23.4. The van der Waals surface area contributed by atoms with E-state index in [0.717, 1.165) is 3.57 Å². The van der Waals surface area contributed by atoms with Crippen LogP contribution in [0, 0.1) is 3.57 Å². The van der Waals surface area contributed by atoms with Crippen LogP contribution in [0.15, 0.2) is 40.9 Å². The van der Waals surface area contributed by atoms with E-state index in [2.05, 4.69) is 21.2 Å². The Labute approximate surface area is 142 Å². The lowest BCUT2D eigenvalue weighted by Crippen LogP contribution is -2.15. The number of aromatic carboxylic acids is 1. The quantitative estimate of drug-likeness (QED) is 0.482. The zero-order valence-electron chi connectivity index (χ0n) is 10.6. The molecule has 2 aromatic rings. The topological polar surface area (TPSA) is 92.4 Å². The Morgan fingerprint density at radius 1 is 1.19 bits per heavy atom. The lowest BCUT2D eigenvalue weighted by Gasteiger charge is -2.09. The highest BCUT2D eigenvalue weighted by molar-refractivity contribution is 14.1. The minimum absolute atomic E-state index is 0.0461. The monoisotopic (exact) mass is 460 g/mol. The normalized spacial score (nSPS) is 10.2. The summed E-state index contributed by atoms with van der Waals surface area (Å²) in [6.07, 6.45) is 0. The van der Waals surface area contributed by atoms with Gasteiger partial charge >= 0.3 is 5.97 Å². The van der Waals surface area contributed by atoms with Crippen molar-refractivity contribution in [2.24, 2.45) is 0 Å². The van der Waals surface area contributed by atoms with E-state index in [1.165, 1.54) is 6.07 Å². The Bertz CT molecular complexity index is 734. The minimum Gasteiger partial charge on any atom is -0.478 e. The summed E-state index contributed by atoms with van der Waals surface area (Å²) in [5.41, 5.74) is 6.86. The van der Waals surface area contributed by atoms with Crippen LogP contribution in [0.3, 0.4) is 0 Å². The summed E-state index contributed by atoms with van der Waals surface area (Å²) in [6, 6.07) is 9.54. The average molecular weight is 461 g/mol. The second-order valence-electron chi connectivity index (χ2n) is 4.19. The fraction of sp³-hybridized carbons (Fsp3) is 0. The van der Waals surface area contributed by atoms with Gasteiger partial charge in [-0.3, -0.25) is 4.79 Å². The van der Waals surface area contributed by atoms with Gasteiger partial charge in [0.2, 0.25) is 0 Å². The summed E-state index contributed by atoms with van der Waals surface area (Å²) >= 11 is 5.26. The van der Waals surface area contributed by atoms with Gasteiger partial charge in [-0.15, -0.1) is 0 Å². The molecule has 0 saturated heterocycles. The molecule has 0 fully saturated rings. The molecule has 0 aliphatic carbocycles. The van der Waals surface area contributed by atoms with Crippen LogP contribution in [0.5, 0.6) is 0 Å². The van der Waals surface area contributed by atoms with Crippen LogP contribution < -0.4 is 11.1 Å². The van der Waals surface area contributed by atoms with Crippen molar-refractivity contribution < 1.29 is 14.7 Å². The van der Waals surface area contributed by atoms with Gasteiger partial charge in [0.15, 0.2) is 0 Å². The molecule has 1 amide bonds. The number of halogens is 2. The van der Waals surface area contributed by atoms with Gasteiger partial charge in [-0.25, -0.2) is 4.79 Å². The Kier molecular flexibility index (Phi) is 4.84. The van der Waals surface area contributed by atoms with Gasteiger partial charge in [0.25, 0.3) is 5.91 Å². The molecular weight excluding hydrogens is 451 g/mol. The number of hydrogen-bond donors (Lipinski definition) is 3. The predicted molar refractivity (Wildman–Crippen MR) is 92.6 cm³/mol. The van der Waals surface area contributed by atoms with E-state index in [0.29, 0.717) is 15.7 Å². The molecule has 0 aromatic heterocycles. The second-order valence-corrected chi connectivity index (χ2v) is 6.29. The van der Waals surface area contributed by atoms with E-state index in [-0.39, 0.29) is 11.3 Å². The fourth-order valence-corrected chi connectivity index (χ4v) is 2.54. The third kappa shape index (κ3) is 3.73. The summed E-state index contributed by atoms with van der Waals surface area (Å²) in [5, 5.41) is 11.8. The van der Waals surface area contributed by atoms with E-state index in [1.54, 1.807) is 30.3 Å². The first kappa shape index (κ1) is 15.8. The number of carbonyl (C=O) groups excluding carboxylic acids is 1. The van der Waals surface area contributed by atoms with Gasteiger partial charge in [0.05, 0.1) is 11.3 Å². The van der Waals surface area contributed by atoms with Crippen molar-refractivity contribution in [2.45, 2.75) is 0 Å². The number of amides is 1. The average Bonchev–Trinajstić information content (AvgIpc) is 2.43. The van der Waals surface area contributed by atoms with Gasteiger partial charge in [0.1, 0.15) is 0 Å². The molecule has 2 aromatic carbocycles. The number of nitrogen functional groups attached to an aromatic ring is 1.